The lowest BCUT2D eigenvalue weighted by molar-refractivity contribution is 0.0951. The van der Waals surface area contributed by atoms with Gasteiger partial charge in [0.1, 0.15) is 0 Å². The van der Waals surface area contributed by atoms with Crippen LogP contribution in [-0.2, 0) is 23.8 Å². The molecule has 1 unspecified atom stereocenters. The molecular weight excluding hydrogens is 350 g/mol. The number of nitrogens with two attached hydrogens (primary N) is 1. The fourth-order valence-corrected chi connectivity index (χ4v) is 4.06. The van der Waals surface area contributed by atoms with Crippen LogP contribution in [0.1, 0.15) is 47.7 Å². The van der Waals surface area contributed by atoms with Crippen LogP contribution >= 0.6 is 0 Å². The zero-order valence-corrected chi connectivity index (χ0v) is 15.8. The number of fused-ring (bicyclic) bond motifs is 1. The number of nitrogens with one attached hydrogen (secondary N) is 1. The molecule has 140 valence electrons. The second kappa shape index (κ2) is 8.14. The predicted octanol–water partition coefficient (Wildman–Crippen LogP) is 1.90. The number of hydrogen-bond acceptors (Lipinski definition) is 5. The number of aryl methyl sites for hydroxylation is 1. The number of aliphatic hydroxyl groups is 1. The maximum absolute atomic E-state index is 12.3. The van der Waals surface area contributed by atoms with E-state index in [1.54, 1.807) is 6.07 Å². The van der Waals surface area contributed by atoms with Gasteiger partial charge in [0.2, 0.25) is 0 Å². The Balaban J connectivity index is 1.92. The smallest absolute Gasteiger partial charge is 0.255 e. The molecule has 4 N–H and O–H groups in total. The fraction of sp³-hybridized carbons (Fsp3) is 0.474. The Morgan fingerprint density at radius 2 is 2.12 bits per heavy atom. The minimum absolute atomic E-state index is 0.114. The summed E-state index contributed by atoms with van der Waals surface area (Å²) in [4.78, 5) is 16.7. The number of rotatable bonds is 8. The molecule has 6 nitrogen and oxygen atoms in total. The Kier molecular flexibility index (Phi) is 5.88. The lowest BCUT2D eigenvalue weighted by Gasteiger charge is -2.13. The summed E-state index contributed by atoms with van der Waals surface area (Å²) in [6.07, 6.45) is 4.98. The SMILES string of the molecule is CCCS(=O)CCc1cc2c(N)c(C(=O)NC3CC3)cnc2cc1CO. The molecule has 0 aliphatic heterocycles. The van der Waals surface area contributed by atoms with Crippen LogP contribution in [0.25, 0.3) is 10.9 Å². The van der Waals surface area contributed by atoms with Crippen LogP contribution in [0.3, 0.4) is 0 Å². The number of pyridine rings is 1. The zero-order chi connectivity index (χ0) is 18.7. The van der Waals surface area contributed by atoms with E-state index in [-0.39, 0.29) is 18.6 Å². The van der Waals surface area contributed by atoms with Gasteiger partial charge in [-0.25, -0.2) is 0 Å². The van der Waals surface area contributed by atoms with Crippen molar-refractivity contribution in [2.24, 2.45) is 0 Å². The first-order chi connectivity index (χ1) is 12.5. The molecule has 7 heteroatoms. The molecule has 0 spiro atoms. The van der Waals surface area contributed by atoms with Crippen LogP contribution in [0.5, 0.6) is 0 Å². The van der Waals surface area contributed by atoms with E-state index in [1.807, 2.05) is 13.0 Å². The normalized spacial score (nSPS) is 15.2. The summed E-state index contributed by atoms with van der Waals surface area (Å²) in [5.74, 6) is 1.02. The van der Waals surface area contributed by atoms with Crippen molar-refractivity contribution in [1.29, 1.82) is 0 Å². The van der Waals surface area contributed by atoms with Gasteiger partial charge in [0, 0.05) is 39.9 Å². The summed E-state index contributed by atoms with van der Waals surface area (Å²) < 4.78 is 12.0. The Morgan fingerprint density at radius 1 is 1.35 bits per heavy atom. The van der Waals surface area contributed by atoms with Gasteiger partial charge < -0.3 is 16.2 Å². The van der Waals surface area contributed by atoms with Crippen molar-refractivity contribution in [3.05, 3.63) is 35.0 Å². The van der Waals surface area contributed by atoms with Gasteiger partial charge in [0.25, 0.3) is 5.91 Å². The Labute approximate surface area is 155 Å². The van der Waals surface area contributed by atoms with E-state index in [1.165, 1.54) is 6.20 Å². The molecule has 1 saturated carbocycles. The minimum atomic E-state index is -0.874. The molecule has 1 heterocycles. The largest absolute Gasteiger partial charge is 0.397 e. The number of aromatic nitrogens is 1. The van der Waals surface area contributed by atoms with Gasteiger partial charge in [-0.1, -0.05) is 6.92 Å². The number of carbonyl (C=O) groups excluding carboxylic acids is 1. The van der Waals surface area contributed by atoms with Gasteiger partial charge in [0.15, 0.2) is 0 Å². The van der Waals surface area contributed by atoms with E-state index < -0.39 is 10.8 Å². The predicted molar refractivity (Wildman–Crippen MR) is 104 cm³/mol. The standard InChI is InChI=1S/C19H25N3O3S/c1-2-6-26(25)7-5-12-8-15-17(9-13(12)11-23)21-10-16(18(15)20)19(24)22-14-3-4-14/h8-10,14,23H,2-7,11H2,1H3,(H2,20,21)(H,22,24). The molecule has 1 aromatic heterocycles. The third-order valence-corrected chi connectivity index (χ3v) is 6.11. The van der Waals surface area contributed by atoms with Gasteiger partial charge in [0.05, 0.1) is 23.4 Å². The first-order valence-corrected chi connectivity index (χ1v) is 10.5. The van der Waals surface area contributed by atoms with E-state index in [9.17, 15) is 14.1 Å². The van der Waals surface area contributed by atoms with Crippen molar-refractivity contribution in [2.75, 3.05) is 17.2 Å². The number of aliphatic hydroxyl groups excluding tert-OH is 1. The van der Waals surface area contributed by atoms with E-state index in [0.717, 1.165) is 30.4 Å². The van der Waals surface area contributed by atoms with Crippen LogP contribution in [0.2, 0.25) is 0 Å². The highest BCUT2D eigenvalue weighted by Crippen LogP contribution is 2.28. The number of benzene rings is 1. The second-order valence-electron chi connectivity index (χ2n) is 6.73. The molecule has 2 aromatic rings. The van der Waals surface area contributed by atoms with Gasteiger partial charge in [-0.15, -0.1) is 0 Å². The lowest BCUT2D eigenvalue weighted by Crippen LogP contribution is -2.26. The highest BCUT2D eigenvalue weighted by atomic mass is 32.2. The van der Waals surface area contributed by atoms with E-state index in [2.05, 4.69) is 10.3 Å². The third-order valence-electron chi connectivity index (χ3n) is 4.59. The highest BCUT2D eigenvalue weighted by molar-refractivity contribution is 7.84. The topological polar surface area (TPSA) is 105 Å². The van der Waals surface area contributed by atoms with Crippen molar-refractivity contribution in [3.63, 3.8) is 0 Å². The van der Waals surface area contributed by atoms with Crippen molar-refractivity contribution < 1.29 is 14.1 Å². The number of amides is 1. The first kappa shape index (κ1) is 18.8. The molecule has 3 rings (SSSR count). The molecule has 1 amide bonds. The van der Waals surface area contributed by atoms with Crippen LogP contribution in [-0.4, -0.2) is 37.8 Å². The molecule has 1 atom stereocenters. The fourth-order valence-electron chi connectivity index (χ4n) is 2.95. The number of anilines is 1. The number of nitrogen functional groups attached to an aromatic ring is 1. The van der Waals surface area contributed by atoms with Crippen molar-refractivity contribution in [2.45, 2.75) is 45.3 Å². The third kappa shape index (κ3) is 4.22. The summed E-state index contributed by atoms with van der Waals surface area (Å²) in [5.41, 5.74) is 9.33. The molecule has 1 aromatic carbocycles. The molecule has 1 fully saturated rings. The maximum atomic E-state index is 12.3. The Bertz CT molecular complexity index is 850. The molecule has 0 bridgehead atoms. The molecule has 0 saturated heterocycles. The van der Waals surface area contributed by atoms with Crippen molar-refractivity contribution in [1.82, 2.24) is 10.3 Å². The van der Waals surface area contributed by atoms with E-state index in [0.29, 0.717) is 40.1 Å². The molecule has 26 heavy (non-hydrogen) atoms. The Morgan fingerprint density at radius 3 is 2.77 bits per heavy atom. The second-order valence-corrected chi connectivity index (χ2v) is 8.42. The number of carbonyl (C=O) groups is 1. The summed E-state index contributed by atoms with van der Waals surface area (Å²) in [7, 11) is -0.874. The zero-order valence-electron chi connectivity index (χ0n) is 15.0. The maximum Gasteiger partial charge on any atom is 0.255 e. The molecular formula is C19H25N3O3S. The Hall–Kier alpha value is -1.99. The lowest BCUT2D eigenvalue weighted by atomic mass is 10.00. The minimum Gasteiger partial charge on any atom is -0.397 e. The quantitative estimate of drug-likeness (QED) is 0.653. The summed E-state index contributed by atoms with van der Waals surface area (Å²) >= 11 is 0. The van der Waals surface area contributed by atoms with Crippen LogP contribution in [0.4, 0.5) is 5.69 Å². The number of nitrogens with zero attached hydrogens (tertiary/aromatic N) is 1. The van der Waals surface area contributed by atoms with E-state index >= 15 is 0 Å². The van der Waals surface area contributed by atoms with Crippen LogP contribution < -0.4 is 11.1 Å². The summed E-state index contributed by atoms with van der Waals surface area (Å²) in [5, 5.41) is 13.3. The summed E-state index contributed by atoms with van der Waals surface area (Å²) in [6.45, 7) is 1.89. The first-order valence-electron chi connectivity index (χ1n) is 9.00. The van der Waals surface area contributed by atoms with Gasteiger partial charge in [-0.05, 0) is 48.9 Å². The van der Waals surface area contributed by atoms with E-state index in [4.69, 9.17) is 5.73 Å². The van der Waals surface area contributed by atoms with Crippen LogP contribution in [0, 0.1) is 0 Å². The highest BCUT2D eigenvalue weighted by Gasteiger charge is 2.25. The van der Waals surface area contributed by atoms with Gasteiger partial charge >= 0.3 is 0 Å². The van der Waals surface area contributed by atoms with Gasteiger partial charge in [-0.2, -0.15) is 0 Å². The summed E-state index contributed by atoms with van der Waals surface area (Å²) in [6, 6.07) is 3.92. The number of hydrogen-bond donors (Lipinski definition) is 3. The van der Waals surface area contributed by atoms with Crippen LogP contribution in [0.15, 0.2) is 18.3 Å². The molecule has 0 radical (unpaired) electrons. The average Bonchev–Trinajstić information content (AvgIpc) is 3.43. The molecule has 1 aliphatic carbocycles. The monoisotopic (exact) mass is 375 g/mol. The average molecular weight is 375 g/mol. The van der Waals surface area contributed by atoms with Gasteiger partial charge in [-0.3, -0.25) is 14.0 Å². The van der Waals surface area contributed by atoms with Crippen molar-refractivity contribution in [3.8, 4) is 0 Å². The molecule has 1 aliphatic rings. The van der Waals surface area contributed by atoms with Crippen molar-refractivity contribution >= 4 is 33.3 Å².